The highest BCUT2D eigenvalue weighted by Crippen LogP contribution is 2.32. The van der Waals surface area contributed by atoms with E-state index in [0.717, 1.165) is 27.2 Å². The SMILES string of the molecule is CN1Cc2cc(-c3nc4ccccc4s3)ccc2C1=O. The van der Waals surface area contributed by atoms with Crippen molar-refractivity contribution in [2.45, 2.75) is 6.54 Å². The van der Waals surface area contributed by atoms with Crippen LogP contribution in [0.1, 0.15) is 15.9 Å². The van der Waals surface area contributed by atoms with Gasteiger partial charge in [-0.05, 0) is 29.8 Å². The molecule has 0 atom stereocenters. The Morgan fingerprint density at radius 1 is 1.20 bits per heavy atom. The number of aromatic nitrogens is 1. The first kappa shape index (κ1) is 11.6. The molecular formula is C16H12N2OS. The van der Waals surface area contributed by atoms with Crippen LogP contribution in [0.2, 0.25) is 0 Å². The predicted molar refractivity (Wildman–Crippen MR) is 80.9 cm³/mol. The van der Waals surface area contributed by atoms with Crippen LogP contribution in [-0.2, 0) is 6.54 Å². The van der Waals surface area contributed by atoms with Crippen LogP contribution < -0.4 is 0 Å². The Kier molecular flexibility index (Phi) is 2.41. The Balaban J connectivity index is 1.83. The van der Waals surface area contributed by atoms with Crippen LogP contribution >= 0.6 is 11.3 Å². The average molecular weight is 280 g/mol. The van der Waals surface area contributed by atoms with Crippen molar-refractivity contribution in [3.8, 4) is 10.6 Å². The number of nitrogens with zero attached hydrogens (tertiary/aromatic N) is 2. The molecule has 98 valence electrons. The predicted octanol–water partition coefficient (Wildman–Crippen LogP) is 3.55. The summed E-state index contributed by atoms with van der Waals surface area (Å²) in [6, 6.07) is 14.1. The van der Waals surface area contributed by atoms with Crippen LogP contribution in [0.5, 0.6) is 0 Å². The van der Waals surface area contributed by atoms with Crippen molar-refractivity contribution in [2.24, 2.45) is 0 Å². The number of amides is 1. The van der Waals surface area contributed by atoms with Gasteiger partial charge in [0.05, 0.1) is 10.2 Å². The van der Waals surface area contributed by atoms with Crippen LogP contribution in [0, 0.1) is 0 Å². The maximum absolute atomic E-state index is 11.9. The minimum atomic E-state index is 0.107. The van der Waals surface area contributed by atoms with E-state index in [2.05, 4.69) is 17.1 Å². The molecule has 2 aromatic carbocycles. The molecule has 0 radical (unpaired) electrons. The molecule has 0 spiro atoms. The van der Waals surface area contributed by atoms with Gasteiger partial charge in [-0.3, -0.25) is 4.79 Å². The Morgan fingerprint density at radius 2 is 2.05 bits per heavy atom. The summed E-state index contributed by atoms with van der Waals surface area (Å²) in [6.45, 7) is 0.687. The van der Waals surface area contributed by atoms with E-state index >= 15 is 0 Å². The highest BCUT2D eigenvalue weighted by atomic mass is 32.1. The zero-order chi connectivity index (χ0) is 13.7. The number of hydrogen-bond donors (Lipinski definition) is 0. The van der Waals surface area contributed by atoms with Gasteiger partial charge in [0.2, 0.25) is 0 Å². The maximum Gasteiger partial charge on any atom is 0.254 e. The standard InChI is InChI=1S/C16H12N2OS/c1-18-9-11-8-10(6-7-12(11)16(18)19)15-17-13-4-2-3-5-14(13)20-15/h2-8H,9H2,1H3. The lowest BCUT2D eigenvalue weighted by Gasteiger charge is -2.04. The Morgan fingerprint density at radius 3 is 2.90 bits per heavy atom. The lowest BCUT2D eigenvalue weighted by atomic mass is 10.1. The van der Waals surface area contributed by atoms with E-state index in [1.807, 2.05) is 37.4 Å². The summed E-state index contributed by atoms with van der Waals surface area (Å²) in [7, 11) is 1.83. The summed E-state index contributed by atoms with van der Waals surface area (Å²) < 4.78 is 1.19. The number of para-hydroxylation sites is 1. The molecule has 1 aliphatic rings. The summed E-state index contributed by atoms with van der Waals surface area (Å²) in [4.78, 5) is 18.3. The first-order chi connectivity index (χ1) is 9.72. The number of thiazole rings is 1. The zero-order valence-electron chi connectivity index (χ0n) is 11.0. The third-order valence-corrected chi connectivity index (χ3v) is 4.72. The van der Waals surface area contributed by atoms with Crippen molar-refractivity contribution in [3.63, 3.8) is 0 Å². The summed E-state index contributed by atoms with van der Waals surface area (Å²) in [5.74, 6) is 0.107. The Hall–Kier alpha value is -2.20. The second kappa shape index (κ2) is 4.15. The van der Waals surface area contributed by atoms with Gasteiger partial charge in [0.25, 0.3) is 5.91 Å². The fourth-order valence-electron chi connectivity index (χ4n) is 2.59. The summed E-state index contributed by atoms with van der Waals surface area (Å²) in [6.07, 6.45) is 0. The van der Waals surface area contributed by atoms with Crippen LogP contribution in [-0.4, -0.2) is 22.8 Å². The quantitative estimate of drug-likeness (QED) is 0.683. The molecule has 4 rings (SSSR count). The molecule has 2 heterocycles. The van der Waals surface area contributed by atoms with Gasteiger partial charge in [-0.2, -0.15) is 0 Å². The Bertz CT molecular complexity index is 804. The molecule has 0 unspecified atom stereocenters. The van der Waals surface area contributed by atoms with Gasteiger partial charge in [0, 0.05) is 24.7 Å². The minimum Gasteiger partial charge on any atom is -0.337 e. The highest BCUT2D eigenvalue weighted by Gasteiger charge is 2.24. The lowest BCUT2D eigenvalue weighted by Crippen LogP contribution is -2.17. The van der Waals surface area contributed by atoms with Gasteiger partial charge < -0.3 is 4.90 Å². The van der Waals surface area contributed by atoms with Gasteiger partial charge >= 0.3 is 0 Å². The molecule has 20 heavy (non-hydrogen) atoms. The normalized spacial score (nSPS) is 14.1. The number of carbonyl (C=O) groups is 1. The monoisotopic (exact) mass is 280 g/mol. The van der Waals surface area contributed by atoms with E-state index in [9.17, 15) is 4.79 Å². The molecule has 0 aliphatic carbocycles. The molecule has 0 saturated carbocycles. The number of rotatable bonds is 1. The van der Waals surface area contributed by atoms with E-state index < -0.39 is 0 Å². The molecule has 3 aromatic rings. The van der Waals surface area contributed by atoms with Crippen LogP contribution in [0.4, 0.5) is 0 Å². The topological polar surface area (TPSA) is 33.2 Å². The number of carbonyl (C=O) groups excluding carboxylic acids is 1. The molecule has 4 heteroatoms. The van der Waals surface area contributed by atoms with Crippen molar-refractivity contribution >= 4 is 27.5 Å². The van der Waals surface area contributed by atoms with Crippen molar-refractivity contribution in [2.75, 3.05) is 7.05 Å². The summed E-state index contributed by atoms with van der Waals surface area (Å²) in [5, 5.41) is 1.01. The zero-order valence-corrected chi connectivity index (χ0v) is 11.8. The molecular weight excluding hydrogens is 268 g/mol. The van der Waals surface area contributed by atoms with Crippen molar-refractivity contribution in [1.82, 2.24) is 9.88 Å². The van der Waals surface area contributed by atoms with Crippen molar-refractivity contribution < 1.29 is 4.79 Å². The van der Waals surface area contributed by atoms with Gasteiger partial charge in [0.15, 0.2) is 0 Å². The maximum atomic E-state index is 11.9. The third kappa shape index (κ3) is 1.65. The van der Waals surface area contributed by atoms with Gasteiger partial charge in [-0.1, -0.05) is 18.2 Å². The lowest BCUT2D eigenvalue weighted by molar-refractivity contribution is 0.0816. The van der Waals surface area contributed by atoms with E-state index in [4.69, 9.17) is 0 Å². The molecule has 0 fully saturated rings. The van der Waals surface area contributed by atoms with Gasteiger partial charge in [0.1, 0.15) is 5.01 Å². The smallest absolute Gasteiger partial charge is 0.254 e. The average Bonchev–Trinajstić information content (AvgIpc) is 3.01. The van der Waals surface area contributed by atoms with E-state index in [1.54, 1.807) is 16.2 Å². The van der Waals surface area contributed by atoms with E-state index in [0.29, 0.717) is 6.54 Å². The second-order valence-electron chi connectivity index (χ2n) is 5.02. The number of hydrogen-bond acceptors (Lipinski definition) is 3. The first-order valence-electron chi connectivity index (χ1n) is 6.47. The van der Waals surface area contributed by atoms with E-state index in [-0.39, 0.29) is 5.91 Å². The van der Waals surface area contributed by atoms with Crippen LogP contribution in [0.25, 0.3) is 20.8 Å². The molecule has 3 nitrogen and oxygen atoms in total. The number of benzene rings is 2. The highest BCUT2D eigenvalue weighted by molar-refractivity contribution is 7.21. The first-order valence-corrected chi connectivity index (χ1v) is 7.28. The third-order valence-electron chi connectivity index (χ3n) is 3.63. The molecule has 1 aliphatic heterocycles. The summed E-state index contributed by atoms with van der Waals surface area (Å²) in [5.41, 5.74) is 4.03. The van der Waals surface area contributed by atoms with E-state index in [1.165, 1.54) is 4.70 Å². The van der Waals surface area contributed by atoms with Crippen molar-refractivity contribution in [1.29, 1.82) is 0 Å². The Labute approximate surface area is 120 Å². The van der Waals surface area contributed by atoms with Crippen LogP contribution in [0.15, 0.2) is 42.5 Å². The van der Waals surface area contributed by atoms with Gasteiger partial charge in [-0.15, -0.1) is 11.3 Å². The minimum absolute atomic E-state index is 0.107. The largest absolute Gasteiger partial charge is 0.337 e. The van der Waals surface area contributed by atoms with Gasteiger partial charge in [-0.25, -0.2) is 4.98 Å². The molecule has 1 aromatic heterocycles. The second-order valence-corrected chi connectivity index (χ2v) is 6.05. The molecule has 0 saturated heterocycles. The van der Waals surface area contributed by atoms with Crippen molar-refractivity contribution in [3.05, 3.63) is 53.6 Å². The number of fused-ring (bicyclic) bond motifs is 2. The fraction of sp³-hybridized carbons (Fsp3) is 0.125. The molecule has 1 amide bonds. The summed E-state index contributed by atoms with van der Waals surface area (Å²) >= 11 is 1.69. The molecule has 0 bridgehead atoms. The van der Waals surface area contributed by atoms with Crippen LogP contribution in [0.3, 0.4) is 0 Å². The molecule has 0 N–H and O–H groups in total. The fourth-order valence-corrected chi connectivity index (χ4v) is 3.56.